The van der Waals surface area contributed by atoms with Crippen molar-refractivity contribution in [2.24, 2.45) is 0 Å². The first-order valence-corrected chi connectivity index (χ1v) is 11.5. The zero-order valence-corrected chi connectivity index (χ0v) is 19.2. The molecule has 1 aliphatic rings. The van der Waals surface area contributed by atoms with E-state index in [1.165, 1.54) is 12.1 Å². The molecule has 4 rings (SSSR count). The summed E-state index contributed by atoms with van der Waals surface area (Å²) in [6, 6.07) is 25.2. The zero-order chi connectivity index (χ0) is 24.7. The van der Waals surface area contributed by atoms with Crippen LogP contribution < -0.4 is 4.74 Å². The molecule has 0 atom stereocenters. The van der Waals surface area contributed by atoms with Crippen molar-refractivity contribution in [3.63, 3.8) is 0 Å². The van der Waals surface area contributed by atoms with E-state index in [0.29, 0.717) is 38.3 Å². The van der Waals surface area contributed by atoms with Gasteiger partial charge in [-0.05, 0) is 35.4 Å². The summed E-state index contributed by atoms with van der Waals surface area (Å²) in [7, 11) is 0. The van der Waals surface area contributed by atoms with E-state index >= 15 is 0 Å². The van der Waals surface area contributed by atoms with Gasteiger partial charge in [-0.15, -0.1) is 13.2 Å². The minimum absolute atomic E-state index is 0.149. The number of hydrogen-bond acceptors (Lipinski definition) is 4. The fourth-order valence-corrected chi connectivity index (χ4v) is 4.10. The summed E-state index contributed by atoms with van der Waals surface area (Å²) in [4.78, 5) is 16.7. The molecular weight excluding hydrogens is 457 g/mol. The SMILES string of the molecule is O=C(c1ccc(OC(F)(F)F)cc1)N1CCN(CCOC(c2ccccc2)c2ccccc2)CC1. The van der Waals surface area contributed by atoms with E-state index in [-0.39, 0.29) is 17.8 Å². The highest BCUT2D eigenvalue weighted by Crippen LogP contribution is 2.26. The fourth-order valence-electron chi connectivity index (χ4n) is 4.10. The number of halogens is 3. The lowest BCUT2D eigenvalue weighted by Gasteiger charge is -2.35. The molecule has 0 N–H and O–H groups in total. The van der Waals surface area contributed by atoms with Crippen LogP contribution in [-0.2, 0) is 4.74 Å². The lowest BCUT2D eigenvalue weighted by Crippen LogP contribution is -2.49. The molecule has 35 heavy (non-hydrogen) atoms. The van der Waals surface area contributed by atoms with Crippen LogP contribution in [0.5, 0.6) is 5.75 Å². The van der Waals surface area contributed by atoms with E-state index in [0.717, 1.165) is 29.8 Å². The number of rotatable bonds is 8. The second-order valence-electron chi connectivity index (χ2n) is 8.28. The van der Waals surface area contributed by atoms with Crippen molar-refractivity contribution < 1.29 is 27.4 Å². The van der Waals surface area contributed by atoms with E-state index in [2.05, 4.69) is 33.9 Å². The quantitative estimate of drug-likeness (QED) is 0.444. The van der Waals surface area contributed by atoms with Crippen LogP contribution in [0.1, 0.15) is 27.6 Å². The predicted octanol–water partition coefficient (Wildman–Crippen LogP) is 5.15. The summed E-state index contributed by atoms with van der Waals surface area (Å²) >= 11 is 0. The van der Waals surface area contributed by atoms with Gasteiger partial charge < -0.3 is 14.4 Å². The molecule has 1 fully saturated rings. The molecule has 3 aromatic rings. The second-order valence-corrected chi connectivity index (χ2v) is 8.28. The maximum Gasteiger partial charge on any atom is 0.573 e. The molecule has 5 nitrogen and oxygen atoms in total. The Bertz CT molecular complexity index is 1030. The van der Waals surface area contributed by atoms with Crippen LogP contribution >= 0.6 is 0 Å². The lowest BCUT2D eigenvalue weighted by atomic mass is 10.0. The monoisotopic (exact) mass is 484 g/mol. The van der Waals surface area contributed by atoms with E-state index in [1.54, 1.807) is 4.90 Å². The van der Waals surface area contributed by atoms with Gasteiger partial charge in [0.1, 0.15) is 11.9 Å². The van der Waals surface area contributed by atoms with Crippen LogP contribution in [0.25, 0.3) is 0 Å². The molecule has 8 heteroatoms. The Morgan fingerprint density at radius 1 is 0.800 bits per heavy atom. The smallest absolute Gasteiger partial charge is 0.406 e. The van der Waals surface area contributed by atoms with Crippen LogP contribution in [0.2, 0.25) is 0 Å². The number of alkyl halides is 3. The first-order chi connectivity index (χ1) is 16.9. The summed E-state index contributed by atoms with van der Waals surface area (Å²) < 4.78 is 47.1. The Kier molecular flexibility index (Phi) is 8.05. The van der Waals surface area contributed by atoms with Crippen LogP contribution in [0.4, 0.5) is 13.2 Å². The Balaban J connectivity index is 1.26. The molecule has 0 aliphatic carbocycles. The molecule has 184 valence electrons. The summed E-state index contributed by atoms with van der Waals surface area (Å²) in [5.41, 5.74) is 2.53. The van der Waals surface area contributed by atoms with Gasteiger partial charge in [0.05, 0.1) is 6.61 Å². The third kappa shape index (κ3) is 7.07. The Labute approximate surface area is 202 Å². The van der Waals surface area contributed by atoms with Crippen LogP contribution in [0, 0.1) is 0 Å². The molecule has 1 saturated heterocycles. The van der Waals surface area contributed by atoms with Crippen LogP contribution in [0.15, 0.2) is 84.9 Å². The van der Waals surface area contributed by atoms with Gasteiger partial charge in [0.2, 0.25) is 0 Å². The Hall–Kier alpha value is -3.36. The number of nitrogens with zero attached hydrogens (tertiary/aromatic N) is 2. The number of hydrogen-bond donors (Lipinski definition) is 0. The average Bonchev–Trinajstić information content (AvgIpc) is 2.87. The maximum atomic E-state index is 12.7. The summed E-state index contributed by atoms with van der Waals surface area (Å²) in [5, 5.41) is 0. The third-order valence-corrected chi connectivity index (χ3v) is 5.89. The lowest BCUT2D eigenvalue weighted by molar-refractivity contribution is -0.274. The maximum absolute atomic E-state index is 12.7. The molecule has 0 radical (unpaired) electrons. The minimum atomic E-state index is -4.76. The van der Waals surface area contributed by atoms with Crippen molar-refractivity contribution in [3.8, 4) is 5.75 Å². The van der Waals surface area contributed by atoms with Crippen molar-refractivity contribution in [1.29, 1.82) is 0 Å². The molecular formula is C27H27F3N2O3. The van der Waals surface area contributed by atoms with Crippen molar-refractivity contribution in [1.82, 2.24) is 9.80 Å². The standard InChI is InChI=1S/C27H27F3N2O3/c28-27(29,30)35-24-13-11-23(12-14-24)26(33)32-17-15-31(16-18-32)19-20-34-25(21-7-3-1-4-8-21)22-9-5-2-6-10-22/h1-14,25H,15-20H2. The highest BCUT2D eigenvalue weighted by molar-refractivity contribution is 5.94. The largest absolute Gasteiger partial charge is 0.573 e. The number of carbonyl (C=O) groups excluding carboxylic acids is 1. The van der Waals surface area contributed by atoms with Crippen LogP contribution in [0.3, 0.4) is 0 Å². The first-order valence-electron chi connectivity index (χ1n) is 11.5. The van der Waals surface area contributed by atoms with Gasteiger partial charge in [0, 0.05) is 38.3 Å². The topological polar surface area (TPSA) is 42.0 Å². The Morgan fingerprint density at radius 2 is 1.34 bits per heavy atom. The molecule has 0 unspecified atom stereocenters. The molecule has 0 aromatic heterocycles. The van der Waals surface area contributed by atoms with Gasteiger partial charge in [-0.25, -0.2) is 0 Å². The zero-order valence-electron chi connectivity index (χ0n) is 19.2. The fraction of sp³-hybridized carbons (Fsp3) is 0.296. The first kappa shape index (κ1) is 24.8. The molecule has 0 bridgehead atoms. The van der Waals surface area contributed by atoms with Crippen molar-refractivity contribution in [3.05, 3.63) is 102 Å². The van der Waals surface area contributed by atoms with Crippen molar-refractivity contribution in [2.45, 2.75) is 12.5 Å². The Morgan fingerprint density at radius 3 is 1.86 bits per heavy atom. The van der Waals surface area contributed by atoms with Crippen molar-refractivity contribution in [2.75, 3.05) is 39.3 Å². The summed E-state index contributed by atoms with van der Waals surface area (Å²) in [6.07, 6.45) is -4.90. The number of piperazine rings is 1. The number of ether oxygens (including phenoxy) is 2. The summed E-state index contributed by atoms with van der Waals surface area (Å²) in [5.74, 6) is -0.546. The summed E-state index contributed by atoms with van der Waals surface area (Å²) in [6.45, 7) is 3.77. The van der Waals surface area contributed by atoms with Gasteiger partial charge in [0.25, 0.3) is 5.91 Å². The molecule has 1 heterocycles. The highest BCUT2D eigenvalue weighted by Gasteiger charge is 2.31. The highest BCUT2D eigenvalue weighted by atomic mass is 19.4. The van der Waals surface area contributed by atoms with Gasteiger partial charge in [-0.3, -0.25) is 9.69 Å². The van der Waals surface area contributed by atoms with Gasteiger partial charge in [0.15, 0.2) is 0 Å². The third-order valence-electron chi connectivity index (χ3n) is 5.89. The van der Waals surface area contributed by atoms with E-state index < -0.39 is 6.36 Å². The molecule has 1 aliphatic heterocycles. The average molecular weight is 485 g/mol. The normalized spacial score (nSPS) is 14.8. The van der Waals surface area contributed by atoms with Gasteiger partial charge >= 0.3 is 6.36 Å². The predicted molar refractivity (Wildman–Crippen MR) is 126 cm³/mol. The van der Waals surface area contributed by atoms with Crippen molar-refractivity contribution >= 4 is 5.91 Å². The molecule has 1 amide bonds. The van der Waals surface area contributed by atoms with Gasteiger partial charge in [-0.2, -0.15) is 0 Å². The second kappa shape index (κ2) is 11.4. The van der Waals surface area contributed by atoms with E-state index in [1.807, 2.05) is 36.4 Å². The number of benzene rings is 3. The molecule has 0 saturated carbocycles. The van der Waals surface area contributed by atoms with Gasteiger partial charge in [-0.1, -0.05) is 60.7 Å². The van der Waals surface area contributed by atoms with E-state index in [4.69, 9.17) is 4.74 Å². The number of carbonyl (C=O) groups is 1. The minimum Gasteiger partial charge on any atom is -0.406 e. The van der Waals surface area contributed by atoms with Crippen LogP contribution in [-0.4, -0.2) is 61.4 Å². The van der Waals surface area contributed by atoms with E-state index in [9.17, 15) is 18.0 Å². The molecule has 0 spiro atoms. The number of amides is 1. The molecule has 3 aromatic carbocycles.